The molecule has 0 saturated heterocycles. The summed E-state index contributed by atoms with van der Waals surface area (Å²) >= 11 is 0. The van der Waals surface area contributed by atoms with E-state index in [0.717, 1.165) is 0 Å². The lowest BCUT2D eigenvalue weighted by molar-refractivity contribution is -0.140. The van der Waals surface area contributed by atoms with E-state index in [9.17, 15) is 14.4 Å². The van der Waals surface area contributed by atoms with Gasteiger partial charge in [-0.25, -0.2) is 4.79 Å². The van der Waals surface area contributed by atoms with E-state index < -0.39 is 18.4 Å². The standard InChI is InChI=1S/C13H10O5/c1-7-11(16)8-4-2-3-5-9(8)12(17)13(7)18-6-10(14)15/h2-5H,6H2,1H3,(H,14,15). The topological polar surface area (TPSA) is 80.7 Å². The minimum atomic E-state index is -1.20. The zero-order valence-electron chi connectivity index (χ0n) is 9.60. The Morgan fingerprint density at radius 2 is 1.72 bits per heavy atom. The van der Waals surface area contributed by atoms with Gasteiger partial charge in [-0.2, -0.15) is 0 Å². The van der Waals surface area contributed by atoms with Gasteiger partial charge >= 0.3 is 5.97 Å². The van der Waals surface area contributed by atoms with E-state index in [0.29, 0.717) is 5.56 Å². The largest absolute Gasteiger partial charge is 0.479 e. The quantitative estimate of drug-likeness (QED) is 0.872. The molecule has 18 heavy (non-hydrogen) atoms. The summed E-state index contributed by atoms with van der Waals surface area (Å²) in [5.41, 5.74) is 0.705. The summed E-state index contributed by atoms with van der Waals surface area (Å²) in [6, 6.07) is 6.39. The number of ketones is 2. The maximum Gasteiger partial charge on any atom is 0.341 e. The highest BCUT2D eigenvalue weighted by molar-refractivity contribution is 6.25. The molecule has 0 bridgehead atoms. The number of aliphatic carboxylic acids is 1. The first-order valence-electron chi connectivity index (χ1n) is 5.26. The number of hydrogen-bond donors (Lipinski definition) is 1. The van der Waals surface area contributed by atoms with Gasteiger partial charge in [-0.3, -0.25) is 9.59 Å². The number of rotatable bonds is 3. The molecule has 1 aliphatic rings. The number of ether oxygens (including phenoxy) is 1. The van der Waals surface area contributed by atoms with Crippen molar-refractivity contribution < 1.29 is 24.2 Å². The van der Waals surface area contributed by atoms with Crippen molar-refractivity contribution in [2.45, 2.75) is 6.92 Å². The van der Waals surface area contributed by atoms with Crippen LogP contribution in [0.2, 0.25) is 0 Å². The molecule has 1 aromatic carbocycles. The third-order valence-electron chi connectivity index (χ3n) is 2.64. The Labute approximate surface area is 103 Å². The van der Waals surface area contributed by atoms with Crippen LogP contribution in [0.4, 0.5) is 0 Å². The molecule has 0 aromatic heterocycles. The fraction of sp³-hybridized carbons (Fsp3) is 0.154. The Bertz CT molecular complexity index is 583. The van der Waals surface area contributed by atoms with Crippen molar-refractivity contribution in [2.24, 2.45) is 0 Å². The van der Waals surface area contributed by atoms with Crippen LogP contribution in [0.25, 0.3) is 0 Å². The fourth-order valence-electron chi connectivity index (χ4n) is 1.78. The third kappa shape index (κ3) is 1.90. The van der Waals surface area contributed by atoms with E-state index in [1.54, 1.807) is 18.2 Å². The Morgan fingerprint density at radius 3 is 2.28 bits per heavy atom. The van der Waals surface area contributed by atoms with Gasteiger partial charge < -0.3 is 9.84 Å². The van der Waals surface area contributed by atoms with Crippen LogP contribution in [0.15, 0.2) is 35.6 Å². The van der Waals surface area contributed by atoms with Gasteiger partial charge in [-0.05, 0) is 6.92 Å². The van der Waals surface area contributed by atoms with Crippen LogP contribution in [0.3, 0.4) is 0 Å². The first-order chi connectivity index (χ1) is 8.52. The summed E-state index contributed by atoms with van der Waals surface area (Å²) in [6.45, 7) is 0.807. The summed E-state index contributed by atoms with van der Waals surface area (Å²) in [6.07, 6.45) is 0. The average Bonchev–Trinajstić information content (AvgIpc) is 2.36. The van der Waals surface area contributed by atoms with Crippen LogP contribution in [-0.2, 0) is 9.53 Å². The predicted octanol–water partition coefficient (Wildman–Crippen LogP) is 1.44. The van der Waals surface area contributed by atoms with Crippen molar-refractivity contribution in [1.29, 1.82) is 0 Å². The molecule has 0 aliphatic heterocycles. The van der Waals surface area contributed by atoms with Crippen LogP contribution in [0.5, 0.6) is 0 Å². The lowest BCUT2D eigenvalue weighted by Crippen LogP contribution is -2.23. The lowest BCUT2D eigenvalue weighted by Gasteiger charge is -2.18. The van der Waals surface area contributed by atoms with E-state index in [1.807, 2.05) is 0 Å². The molecule has 1 N–H and O–H groups in total. The smallest absolute Gasteiger partial charge is 0.341 e. The van der Waals surface area contributed by atoms with Crippen LogP contribution in [-0.4, -0.2) is 29.2 Å². The first kappa shape index (κ1) is 12.0. The second kappa shape index (κ2) is 4.44. The molecule has 0 atom stereocenters. The summed E-state index contributed by atoms with van der Waals surface area (Å²) in [7, 11) is 0. The number of fused-ring (bicyclic) bond motifs is 1. The van der Waals surface area contributed by atoms with Gasteiger partial charge in [0.15, 0.2) is 18.1 Å². The number of benzene rings is 1. The van der Waals surface area contributed by atoms with Crippen LogP contribution < -0.4 is 0 Å². The van der Waals surface area contributed by atoms with Gasteiger partial charge in [0.2, 0.25) is 5.78 Å². The number of allylic oxidation sites excluding steroid dienone is 2. The molecule has 0 saturated carbocycles. The van der Waals surface area contributed by atoms with Crippen LogP contribution >= 0.6 is 0 Å². The molecule has 0 radical (unpaired) electrons. The van der Waals surface area contributed by atoms with E-state index in [2.05, 4.69) is 0 Å². The normalized spacial score (nSPS) is 14.5. The molecule has 5 nitrogen and oxygen atoms in total. The highest BCUT2D eigenvalue weighted by Gasteiger charge is 2.31. The Morgan fingerprint density at radius 1 is 1.17 bits per heavy atom. The maximum atomic E-state index is 12.1. The summed E-state index contributed by atoms with van der Waals surface area (Å²) in [5.74, 6) is -2.15. The number of carbonyl (C=O) groups excluding carboxylic acids is 2. The Kier molecular flexibility index (Phi) is 2.97. The molecular weight excluding hydrogens is 236 g/mol. The third-order valence-corrected chi connectivity index (χ3v) is 2.64. The SMILES string of the molecule is CC1=C(OCC(=O)O)C(=O)c2ccccc2C1=O. The molecule has 0 fully saturated rings. The molecule has 2 rings (SSSR count). The van der Waals surface area contributed by atoms with Crippen molar-refractivity contribution in [3.8, 4) is 0 Å². The monoisotopic (exact) mass is 246 g/mol. The van der Waals surface area contributed by atoms with Crippen molar-refractivity contribution in [1.82, 2.24) is 0 Å². The zero-order chi connectivity index (χ0) is 13.3. The Balaban J connectivity index is 2.43. The lowest BCUT2D eigenvalue weighted by atomic mass is 9.89. The van der Waals surface area contributed by atoms with Crippen molar-refractivity contribution in [2.75, 3.05) is 6.61 Å². The number of Topliss-reactive ketones (excluding diaryl/α,β-unsaturated/α-hetero) is 2. The highest BCUT2D eigenvalue weighted by atomic mass is 16.5. The van der Waals surface area contributed by atoms with Crippen molar-refractivity contribution >= 4 is 17.5 Å². The molecule has 92 valence electrons. The van der Waals surface area contributed by atoms with E-state index in [-0.39, 0.29) is 22.7 Å². The Hall–Kier alpha value is -2.43. The van der Waals surface area contributed by atoms with Crippen LogP contribution in [0.1, 0.15) is 27.6 Å². The summed E-state index contributed by atoms with van der Waals surface area (Å²) in [5, 5.41) is 8.53. The minimum Gasteiger partial charge on any atom is -0.479 e. The van der Waals surface area contributed by atoms with Crippen molar-refractivity contribution in [3.63, 3.8) is 0 Å². The van der Waals surface area contributed by atoms with E-state index in [4.69, 9.17) is 9.84 Å². The fourth-order valence-corrected chi connectivity index (χ4v) is 1.78. The second-order valence-electron chi connectivity index (χ2n) is 3.84. The molecule has 1 aromatic rings. The predicted molar refractivity (Wildman–Crippen MR) is 61.4 cm³/mol. The van der Waals surface area contributed by atoms with Gasteiger partial charge in [0, 0.05) is 16.7 Å². The summed E-state index contributed by atoms with van der Waals surface area (Å²) in [4.78, 5) is 34.5. The number of carboxylic acids is 1. The average molecular weight is 246 g/mol. The van der Waals surface area contributed by atoms with Gasteiger partial charge in [0.05, 0.1) is 0 Å². The highest BCUT2D eigenvalue weighted by Crippen LogP contribution is 2.26. The van der Waals surface area contributed by atoms with Gasteiger partial charge in [0.1, 0.15) is 0 Å². The molecule has 5 heteroatoms. The zero-order valence-corrected chi connectivity index (χ0v) is 9.60. The van der Waals surface area contributed by atoms with Crippen molar-refractivity contribution in [3.05, 3.63) is 46.7 Å². The molecule has 0 unspecified atom stereocenters. The van der Waals surface area contributed by atoms with Gasteiger partial charge in [0.25, 0.3) is 0 Å². The molecule has 0 amide bonds. The number of hydrogen-bond acceptors (Lipinski definition) is 4. The minimum absolute atomic E-state index is 0.139. The van der Waals surface area contributed by atoms with Gasteiger partial charge in [-0.1, -0.05) is 24.3 Å². The van der Waals surface area contributed by atoms with E-state index >= 15 is 0 Å². The second-order valence-corrected chi connectivity index (χ2v) is 3.84. The number of carbonyl (C=O) groups is 3. The van der Waals surface area contributed by atoms with Gasteiger partial charge in [-0.15, -0.1) is 0 Å². The molecule has 0 spiro atoms. The van der Waals surface area contributed by atoms with Crippen LogP contribution in [0, 0.1) is 0 Å². The number of carboxylic acid groups (broad SMARTS) is 1. The molecular formula is C13H10O5. The molecule has 1 aliphatic carbocycles. The summed E-state index contributed by atoms with van der Waals surface area (Å²) < 4.78 is 4.91. The van der Waals surface area contributed by atoms with E-state index in [1.165, 1.54) is 13.0 Å². The maximum absolute atomic E-state index is 12.1. The first-order valence-corrected chi connectivity index (χ1v) is 5.26. The molecule has 0 heterocycles.